The predicted octanol–water partition coefficient (Wildman–Crippen LogP) is 6.67. The van der Waals surface area contributed by atoms with Gasteiger partial charge in [0.1, 0.15) is 11.9 Å². The van der Waals surface area contributed by atoms with Gasteiger partial charge >= 0.3 is 12.1 Å². The number of hydrogen-bond donors (Lipinski definition) is 0. The van der Waals surface area contributed by atoms with E-state index in [9.17, 15) is 18.0 Å². The summed E-state index contributed by atoms with van der Waals surface area (Å²) in [6, 6.07) is 3.06. The van der Waals surface area contributed by atoms with E-state index in [4.69, 9.17) is 21.1 Å². The Morgan fingerprint density at radius 1 is 1.25 bits per heavy atom. The molecule has 1 aliphatic rings. The molecule has 1 atom stereocenters. The number of carbonyl (C=O) groups is 1. The van der Waals surface area contributed by atoms with Crippen LogP contribution in [-0.4, -0.2) is 18.7 Å². The van der Waals surface area contributed by atoms with Crippen molar-refractivity contribution in [2.45, 2.75) is 71.1 Å². The Hall–Kier alpha value is -1.43. The van der Waals surface area contributed by atoms with Crippen LogP contribution >= 0.6 is 11.6 Å². The van der Waals surface area contributed by atoms with Crippen molar-refractivity contribution in [3.05, 3.63) is 28.8 Å². The van der Waals surface area contributed by atoms with E-state index in [1.807, 2.05) is 6.92 Å². The van der Waals surface area contributed by atoms with Crippen LogP contribution in [0.25, 0.3) is 0 Å². The van der Waals surface area contributed by atoms with Gasteiger partial charge in [-0.25, -0.2) is 0 Å². The van der Waals surface area contributed by atoms with Gasteiger partial charge in [0.15, 0.2) is 0 Å². The fraction of sp³-hybridized carbons (Fsp3) is 0.667. The summed E-state index contributed by atoms with van der Waals surface area (Å²) in [4.78, 5) is 12.1. The molecule has 7 heteroatoms. The first-order chi connectivity index (χ1) is 13.2. The summed E-state index contributed by atoms with van der Waals surface area (Å²) in [7, 11) is 0. The van der Waals surface area contributed by atoms with Crippen molar-refractivity contribution < 1.29 is 27.4 Å². The van der Waals surface area contributed by atoms with Crippen molar-refractivity contribution in [1.82, 2.24) is 0 Å². The second kappa shape index (κ2) is 10.4. The molecule has 1 aromatic carbocycles. The summed E-state index contributed by atoms with van der Waals surface area (Å²) >= 11 is 5.88. The highest BCUT2D eigenvalue weighted by atomic mass is 35.5. The molecule has 1 saturated carbocycles. The third kappa shape index (κ3) is 6.87. The lowest BCUT2D eigenvalue weighted by Gasteiger charge is -2.35. The number of unbranched alkanes of at least 4 members (excludes halogenated alkanes) is 3. The third-order valence-electron chi connectivity index (χ3n) is 5.10. The molecule has 1 unspecified atom stereocenters. The molecular formula is C21H28ClF3O3. The maximum Gasteiger partial charge on any atom is 0.416 e. The lowest BCUT2D eigenvalue weighted by Crippen LogP contribution is -2.37. The molecule has 0 heterocycles. The highest BCUT2D eigenvalue weighted by Gasteiger charge is 2.34. The largest absolute Gasteiger partial charge is 0.492 e. The van der Waals surface area contributed by atoms with Crippen LogP contribution in [-0.2, 0) is 15.7 Å². The summed E-state index contributed by atoms with van der Waals surface area (Å²) < 4.78 is 49.0. The normalized spacial score (nSPS) is 20.4. The van der Waals surface area contributed by atoms with Gasteiger partial charge in [-0.05, 0) is 43.4 Å². The van der Waals surface area contributed by atoms with Crippen LogP contribution < -0.4 is 4.74 Å². The third-order valence-corrected chi connectivity index (χ3v) is 5.40. The van der Waals surface area contributed by atoms with Crippen molar-refractivity contribution in [1.29, 1.82) is 0 Å². The van der Waals surface area contributed by atoms with Crippen LogP contribution in [0, 0.1) is 11.8 Å². The highest BCUT2D eigenvalue weighted by Crippen LogP contribution is 2.36. The standard InChI is InChI=1S/C21H28ClF3O3/c1-3-4-5-6-7-14(2)20(26)28-17-10-15(11-17)13-27-19-9-8-16(12-18(19)22)21(23,24)25/h8-9,12,14-15,17H,3-7,10-11,13H2,1-2H3. The number of halogens is 4. The van der Waals surface area contributed by atoms with Gasteiger partial charge in [-0.3, -0.25) is 4.79 Å². The number of rotatable bonds is 10. The van der Waals surface area contributed by atoms with Crippen LogP contribution in [0.2, 0.25) is 5.02 Å². The summed E-state index contributed by atoms with van der Waals surface area (Å²) in [5.41, 5.74) is -0.802. The van der Waals surface area contributed by atoms with E-state index in [0.717, 1.165) is 31.4 Å². The average molecular weight is 421 g/mol. The number of esters is 1. The van der Waals surface area contributed by atoms with Crippen molar-refractivity contribution in [2.75, 3.05) is 6.61 Å². The zero-order valence-electron chi connectivity index (χ0n) is 16.4. The minimum atomic E-state index is -4.43. The minimum Gasteiger partial charge on any atom is -0.492 e. The van der Waals surface area contributed by atoms with Crippen LogP contribution in [0.15, 0.2) is 18.2 Å². The molecule has 28 heavy (non-hydrogen) atoms. The molecule has 0 N–H and O–H groups in total. The van der Waals surface area contributed by atoms with Gasteiger partial charge in [0.05, 0.1) is 23.1 Å². The average Bonchev–Trinajstić information content (AvgIpc) is 2.60. The molecule has 0 amide bonds. The van der Waals surface area contributed by atoms with Gasteiger partial charge in [-0.1, -0.05) is 51.1 Å². The number of carbonyl (C=O) groups excluding carboxylic acids is 1. The summed E-state index contributed by atoms with van der Waals surface area (Å²) in [6.45, 7) is 4.39. The molecule has 3 nitrogen and oxygen atoms in total. The van der Waals surface area contributed by atoms with Crippen molar-refractivity contribution in [3.63, 3.8) is 0 Å². The lowest BCUT2D eigenvalue weighted by atomic mass is 9.83. The Bertz CT molecular complexity index is 642. The van der Waals surface area contributed by atoms with Gasteiger partial charge in [0, 0.05) is 0 Å². The molecule has 0 aromatic heterocycles. The molecule has 0 spiro atoms. The molecule has 1 aliphatic carbocycles. The van der Waals surface area contributed by atoms with E-state index in [0.29, 0.717) is 19.4 Å². The molecule has 2 rings (SSSR count). The zero-order valence-corrected chi connectivity index (χ0v) is 17.1. The van der Waals surface area contributed by atoms with Gasteiger partial charge in [0.25, 0.3) is 0 Å². The smallest absolute Gasteiger partial charge is 0.416 e. The van der Waals surface area contributed by atoms with Crippen molar-refractivity contribution in [3.8, 4) is 5.75 Å². The monoisotopic (exact) mass is 420 g/mol. The fourth-order valence-corrected chi connectivity index (χ4v) is 3.42. The Labute approximate surface area is 169 Å². The Morgan fingerprint density at radius 3 is 2.57 bits per heavy atom. The molecule has 0 radical (unpaired) electrons. The van der Waals surface area contributed by atoms with Crippen molar-refractivity contribution in [2.24, 2.45) is 11.8 Å². The molecule has 1 fully saturated rings. The first-order valence-electron chi connectivity index (χ1n) is 9.90. The van der Waals surface area contributed by atoms with Crippen LogP contribution in [0.4, 0.5) is 13.2 Å². The van der Waals surface area contributed by atoms with Crippen molar-refractivity contribution >= 4 is 17.6 Å². The van der Waals surface area contributed by atoms with Crippen LogP contribution in [0.3, 0.4) is 0 Å². The second-order valence-electron chi connectivity index (χ2n) is 7.60. The van der Waals surface area contributed by atoms with Gasteiger partial charge < -0.3 is 9.47 Å². The van der Waals surface area contributed by atoms with Crippen LogP contribution in [0.1, 0.15) is 64.4 Å². The van der Waals surface area contributed by atoms with Crippen LogP contribution in [0.5, 0.6) is 5.75 Å². The zero-order chi connectivity index (χ0) is 20.7. The Balaban J connectivity index is 1.67. The SMILES string of the molecule is CCCCCCC(C)C(=O)OC1CC(COc2ccc(C(F)(F)F)cc2Cl)C1. The Kier molecular flexibility index (Phi) is 8.47. The van der Waals surface area contributed by atoms with E-state index >= 15 is 0 Å². The first kappa shape index (κ1) is 22.9. The molecular weight excluding hydrogens is 393 g/mol. The van der Waals surface area contributed by atoms with Gasteiger partial charge in [-0.2, -0.15) is 13.2 Å². The fourth-order valence-electron chi connectivity index (χ4n) is 3.18. The summed E-state index contributed by atoms with van der Waals surface area (Å²) in [5, 5.41) is -0.0611. The lowest BCUT2D eigenvalue weighted by molar-refractivity contribution is -0.161. The highest BCUT2D eigenvalue weighted by molar-refractivity contribution is 6.32. The first-order valence-corrected chi connectivity index (χ1v) is 10.3. The molecule has 1 aromatic rings. The van der Waals surface area contributed by atoms with E-state index in [1.165, 1.54) is 18.9 Å². The van der Waals surface area contributed by atoms with Gasteiger partial charge in [0.2, 0.25) is 0 Å². The van der Waals surface area contributed by atoms with E-state index in [1.54, 1.807) is 0 Å². The van der Waals surface area contributed by atoms with E-state index < -0.39 is 11.7 Å². The molecule has 158 valence electrons. The maximum atomic E-state index is 12.6. The number of benzene rings is 1. The topological polar surface area (TPSA) is 35.5 Å². The van der Waals surface area contributed by atoms with Gasteiger partial charge in [-0.15, -0.1) is 0 Å². The Morgan fingerprint density at radius 2 is 1.96 bits per heavy atom. The predicted molar refractivity (Wildman–Crippen MR) is 102 cm³/mol. The number of alkyl halides is 3. The maximum absolute atomic E-state index is 12.6. The molecule has 0 aliphatic heterocycles. The number of ether oxygens (including phenoxy) is 2. The van der Waals surface area contributed by atoms with E-state index in [2.05, 4.69) is 6.92 Å². The molecule has 0 bridgehead atoms. The molecule has 0 saturated heterocycles. The quantitative estimate of drug-likeness (QED) is 0.313. The number of hydrogen-bond acceptors (Lipinski definition) is 3. The minimum absolute atomic E-state index is 0.0611. The second-order valence-corrected chi connectivity index (χ2v) is 8.01. The summed E-state index contributed by atoms with van der Waals surface area (Å²) in [5.74, 6) is 0.205. The summed E-state index contributed by atoms with van der Waals surface area (Å²) in [6.07, 6.45) is 2.27. The van der Waals surface area contributed by atoms with E-state index in [-0.39, 0.29) is 34.7 Å².